The first-order chi connectivity index (χ1) is 13.2. The van der Waals surface area contributed by atoms with Crippen molar-refractivity contribution >= 4 is 34.8 Å². The molecule has 0 aliphatic carbocycles. The topological polar surface area (TPSA) is 53.5 Å². The lowest BCUT2D eigenvalue weighted by atomic mass is 10.1. The number of benzene rings is 3. The molecule has 0 aromatic heterocycles. The fourth-order valence-electron chi connectivity index (χ4n) is 2.90. The molecule has 0 spiro atoms. The van der Waals surface area contributed by atoms with Gasteiger partial charge in [0.15, 0.2) is 0 Å². The number of nitrogens with zero attached hydrogens (tertiary/aromatic N) is 1. The fourth-order valence-corrected chi connectivity index (χ4v) is 3.86. The minimum Gasteiger partial charge on any atom is -0.354 e. The van der Waals surface area contributed by atoms with Gasteiger partial charge in [-0.05, 0) is 42.3 Å². The number of fused-ring (bicyclic) bond motifs is 2. The number of hydrogen-bond donors (Lipinski definition) is 2. The average Bonchev–Trinajstić information content (AvgIpc) is 2.70. The van der Waals surface area contributed by atoms with Gasteiger partial charge < -0.3 is 5.32 Å². The molecule has 27 heavy (non-hydrogen) atoms. The van der Waals surface area contributed by atoms with E-state index >= 15 is 0 Å². The number of para-hydroxylation sites is 1. The molecule has 1 heterocycles. The molecule has 4 rings (SSSR count). The highest BCUT2D eigenvalue weighted by molar-refractivity contribution is 7.99. The van der Waals surface area contributed by atoms with E-state index in [-0.39, 0.29) is 5.91 Å². The molecule has 134 valence electrons. The van der Waals surface area contributed by atoms with Gasteiger partial charge in [-0.15, -0.1) is 0 Å². The lowest BCUT2D eigenvalue weighted by Gasteiger charge is -2.21. The van der Waals surface area contributed by atoms with Crippen LogP contribution < -0.4 is 10.7 Å². The highest BCUT2D eigenvalue weighted by Crippen LogP contribution is 2.44. The van der Waals surface area contributed by atoms with Crippen LogP contribution in [0.5, 0.6) is 0 Å². The van der Waals surface area contributed by atoms with E-state index in [1.807, 2.05) is 55.5 Å². The number of carbonyl (C=O) groups is 1. The van der Waals surface area contributed by atoms with Gasteiger partial charge >= 0.3 is 0 Å². The van der Waals surface area contributed by atoms with Crippen molar-refractivity contribution in [3.63, 3.8) is 0 Å². The van der Waals surface area contributed by atoms with Gasteiger partial charge in [-0.2, -0.15) is 5.10 Å². The molecule has 0 saturated carbocycles. The molecule has 3 aromatic carbocycles. The van der Waals surface area contributed by atoms with E-state index in [4.69, 9.17) is 0 Å². The molecule has 0 unspecified atom stereocenters. The number of amides is 1. The summed E-state index contributed by atoms with van der Waals surface area (Å²) in [6.07, 6.45) is 0.316. The van der Waals surface area contributed by atoms with Crippen molar-refractivity contribution in [3.05, 3.63) is 83.9 Å². The predicted molar refractivity (Wildman–Crippen MR) is 111 cm³/mol. The first-order valence-electron chi connectivity index (χ1n) is 8.74. The van der Waals surface area contributed by atoms with Gasteiger partial charge in [-0.1, -0.05) is 60.3 Å². The molecule has 3 aromatic rings. The van der Waals surface area contributed by atoms with Crippen molar-refractivity contribution in [2.45, 2.75) is 23.1 Å². The summed E-state index contributed by atoms with van der Waals surface area (Å²) >= 11 is 1.75. The van der Waals surface area contributed by atoms with Crippen molar-refractivity contribution in [1.82, 2.24) is 5.43 Å². The van der Waals surface area contributed by atoms with Crippen molar-refractivity contribution in [2.75, 3.05) is 5.32 Å². The van der Waals surface area contributed by atoms with E-state index in [9.17, 15) is 4.79 Å². The normalized spacial score (nSPS) is 12.6. The Labute approximate surface area is 162 Å². The molecule has 0 radical (unpaired) electrons. The monoisotopic (exact) mass is 373 g/mol. The standard InChI is InChI=1S/C22H19N3OS/c1-15(24-25-22(26)13-16-7-3-2-4-8-16)17-11-12-21-19(14-17)23-18-9-5-6-10-20(18)27-21/h2-12,14,23H,13H2,1H3,(H,25,26). The van der Waals surface area contributed by atoms with Crippen LogP contribution in [0.1, 0.15) is 18.1 Å². The first kappa shape index (κ1) is 17.4. The summed E-state index contributed by atoms with van der Waals surface area (Å²) in [7, 11) is 0. The summed E-state index contributed by atoms with van der Waals surface area (Å²) < 4.78 is 0. The third kappa shape index (κ3) is 4.04. The van der Waals surface area contributed by atoms with Crippen LogP contribution in [-0.4, -0.2) is 11.6 Å². The summed E-state index contributed by atoms with van der Waals surface area (Å²) in [5.41, 5.74) is 7.53. The van der Waals surface area contributed by atoms with E-state index in [0.29, 0.717) is 6.42 Å². The second-order valence-electron chi connectivity index (χ2n) is 6.33. The van der Waals surface area contributed by atoms with E-state index in [1.54, 1.807) is 11.8 Å². The van der Waals surface area contributed by atoms with E-state index in [2.05, 4.69) is 40.1 Å². The number of carbonyl (C=O) groups excluding carboxylic acids is 1. The van der Waals surface area contributed by atoms with Crippen LogP contribution in [0.25, 0.3) is 0 Å². The Bertz CT molecular complexity index is 1020. The summed E-state index contributed by atoms with van der Waals surface area (Å²) in [5.74, 6) is -0.124. The Morgan fingerprint density at radius 2 is 1.70 bits per heavy atom. The third-order valence-electron chi connectivity index (χ3n) is 4.33. The molecular weight excluding hydrogens is 354 g/mol. The van der Waals surface area contributed by atoms with Crippen molar-refractivity contribution in [2.24, 2.45) is 5.10 Å². The Morgan fingerprint density at radius 3 is 2.56 bits per heavy atom. The van der Waals surface area contributed by atoms with Gasteiger partial charge in [0.2, 0.25) is 5.91 Å². The quantitative estimate of drug-likeness (QED) is 0.392. The average molecular weight is 373 g/mol. The van der Waals surface area contributed by atoms with Crippen LogP contribution in [0.3, 0.4) is 0 Å². The summed E-state index contributed by atoms with van der Waals surface area (Å²) in [4.78, 5) is 14.5. The highest BCUT2D eigenvalue weighted by Gasteiger charge is 2.15. The lowest BCUT2D eigenvalue weighted by Crippen LogP contribution is -2.21. The van der Waals surface area contributed by atoms with E-state index in [0.717, 1.165) is 28.2 Å². The molecule has 0 atom stereocenters. The molecule has 1 aliphatic rings. The van der Waals surface area contributed by atoms with Crippen LogP contribution in [0.4, 0.5) is 11.4 Å². The van der Waals surface area contributed by atoms with E-state index in [1.165, 1.54) is 9.79 Å². The second-order valence-corrected chi connectivity index (χ2v) is 7.41. The van der Waals surface area contributed by atoms with Crippen LogP contribution in [0.15, 0.2) is 87.7 Å². The van der Waals surface area contributed by atoms with Crippen molar-refractivity contribution < 1.29 is 4.79 Å². The lowest BCUT2D eigenvalue weighted by molar-refractivity contribution is -0.120. The molecule has 5 heteroatoms. The second kappa shape index (κ2) is 7.68. The third-order valence-corrected chi connectivity index (χ3v) is 5.48. The molecule has 2 N–H and O–H groups in total. The maximum atomic E-state index is 12.1. The smallest absolute Gasteiger partial charge is 0.244 e. The first-order valence-corrected chi connectivity index (χ1v) is 9.56. The molecule has 1 aliphatic heterocycles. The Balaban J connectivity index is 1.46. The molecule has 0 bridgehead atoms. The van der Waals surface area contributed by atoms with Gasteiger partial charge in [0.1, 0.15) is 0 Å². The highest BCUT2D eigenvalue weighted by atomic mass is 32.2. The largest absolute Gasteiger partial charge is 0.354 e. The Hall–Kier alpha value is -3.05. The minimum atomic E-state index is -0.124. The SMILES string of the molecule is CC(=NNC(=O)Cc1ccccc1)c1ccc2c(c1)Nc1ccccc1S2. The zero-order valence-corrected chi connectivity index (χ0v) is 15.7. The number of anilines is 2. The minimum absolute atomic E-state index is 0.124. The Morgan fingerprint density at radius 1 is 0.963 bits per heavy atom. The zero-order valence-electron chi connectivity index (χ0n) is 14.9. The predicted octanol–water partition coefficient (Wildman–Crippen LogP) is 4.98. The maximum Gasteiger partial charge on any atom is 0.244 e. The van der Waals surface area contributed by atoms with Gasteiger partial charge in [0.25, 0.3) is 0 Å². The van der Waals surface area contributed by atoms with Crippen LogP contribution >= 0.6 is 11.8 Å². The van der Waals surface area contributed by atoms with Gasteiger partial charge in [0, 0.05) is 9.79 Å². The summed E-state index contributed by atoms with van der Waals surface area (Å²) in [6, 6.07) is 24.1. The molecule has 4 nitrogen and oxygen atoms in total. The zero-order chi connectivity index (χ0) is 18.6. The van der Waals surface area contributed by atoms with Crippen molar-refractivity contribution in [1.29, 1.82) is 0 Å². The number of hydrazone groups is 1. The number of nitrogens with one attached hydrogen (secondary N) is 2. The molecule has 1 amide bonds. The van der Waals surface area contributed by atoms with Gasteiger partial charge in [-0.25, -0.2) is 5.43 Å². The van der Waals surface area contributed by atoms with Crippen molar-refractivity contribution in [3.8, 4) is 0 Å². The Kier molecular flexibility index (Phi) is 4.94. The maximum absolute atomic E-state index is 12.1. The van der Waals surface area contributed by atoms with Gasteiger partial charge in [0.05, 0.1) is 23.5 Å². The molecule has 0 fully saturated rings. The van der Waals surface area contributed by atoms with E-state index < -0.39 is 0 Å². The molecule has 0 saturated heterocycles. The summed E-state index contributed by atoms with van der Waals surface area (Å²) in [5, 5.41) is 7.74. The van der Waals surface area contributed by atoms with Crippen LogP contribution in [-0.2, 0) is 11.2 Å². The van der Waals surface area contributed by atoms with Crippen LogP contribution in [0.2, 0.25) is 0 Å². The number of rotatable bonds is 4. The fraction of sp³-hybridized carbons (Fsp3) is 0.0909. The number of hydrogen-bond acceptors (Lipinski definition) is 4. The summed E-state index contributed by atoms with van der Waals surface area (Å²) in [6.45, 7) is 1.90. The van der Waals surface area contributed by atoms with Gasteiger partial charge in [-0.3, -0.25) is 4.79 Å². The van der Waals surface area contributed by atoms with Crippen LogP contribution in [0, 0.1) is 0 Å². The molecular formula is C22H19N3OS.